The summed E-state index contributed by atoms with van der Waals surface area (Å²) in [7, 11) is 0. The van der Waals surface area contributed by atoms with Crippen molar-refractivity contribution in [3.05, 3.63) is 12.2 Å². The summed E-state index contributed by atoms with van der Waals surface area (Å²) < 4.78 is 0. The largest absolute Gasteiger partial charge is 0.394 e. The van der Waals surface area contributed by atoms with Gasteiger partial charge in [-0.15, -0.1) is 0 Å². The third-order valence-electron chi connectivity index (χ3n) is 13.5. The second kappa shape index (κ2) is 53.5. The van der Waals surface area contributed by atoms with E-state index >= 15 is 0 Å². The third kappa shape index (κ3) is 50.0. The van der Waals surface area contributed by atoms with Gasteiger partial charge in [-0.05, 0) is 19.3 Å². The average molecular weight is 861 g/mol. The van der Waals surface area contributed by atoms with Crippen LogP contribution in [0.25, 0.3) is 0 Å². The van der Waals surface area contributed by atoms with Crippen LogP contribution in [0.15, 0.2) is 12.2 Å². The maximum atomic E-state index is 12.4. The molecule has 2 unspecified atom stereocenters. The fourth-order valence-corrected chi connectivity index (χ4v) is 9.18. The van der Waals surface area contributed by atoms with Crippen molar-refractivity contribution in [1.82, 2.24) is 5.32 Å². The number of carbonyl (C=O) groups excluding carboxylic acids is 1. The van der Waals surface area contributed by atoms with Crippen molar-refractivity contribution in [3.8, 4) is 0 Å². The minimum Gasteiger partial charge on any atom is -0.394 e. The Bertz CT molecular complexity index is 844. The molecule has 364 valence electrons. The predicted octanol–water partition coefficient (Wildman–Crippen LogP) is 18.5. The Labute approximate surface area is 384 Å². The average Bonchev–Trinajstić information content (AvgIpc) is 3.26. The van der Waals surface area contributed by atoms with Crippen molar-refractivity contribution in [2.45, 2.75) is 341 Å². The van der Waals surface area contributed by atoms with Crippen molar-refractivity contribution < 1.29 is 15.0 Å². The lowest BCUT2D eigenvalue weighted by Gasteiger charge is -2.20. The van der Waals surface area contributed by atoms with E-state index in [0.29, 0.717) is 6.42 Å². The molecule has 0 saturated carbocycles. The zero-order valence-corrected chi connectivity index (χ0v) is 42.0. The van der Waals surface area contributed by atoms with E-state index in [-0.39, 0.29) is 12.5 Å². The number of allylic oxidation sites excluding steroid dienone is 1. The number of hydrogen-bond donors (Lipinski definition) is 3. The summed E-state index contributed by atoms with van der Waals surface area (Å²) in [4.78, 5) is 12.4. The summed E-state index contributed by atoms with van der Waals surface area (Å²) in [5, 5.41) is 23.2. The second-order valence-electron chi connectivity index (χ2n) is 19.7. The zero-order chi connectivity index (χ0) is 44.2. The van der Waals surface area contributed by atoms with Crippen LogP contribution in [0.1, 0.15) is 328 Å². The van der Waals surface area contributed by atoms with Gasteiger partial charge in [0.15, 0.2) is 0 Å². The molecule has 0 aromatic rings. The number of rotatable bonds is 53. The van der Waals surface area contributed by atoms with Crippen molar-refractivity contribution in [3.63, 3.8) is 0 Å². The van der Waals surface area contributed by atoms with Crippen molar-refractivity contribution in [2.75, 3.05) is 6.61 Å². The molecule has 0 rings (SSSR count). The molecule has 2 atom stereocenters. The van der Waals surface area contributed by atoms with E-state index < -0.39 is 12.1 Å². The molecule has 0 fully saturated rings. The normalized spacial score (nSPS) is 12.8. The van der Waals surface area contributed by atoms with Crippen LogP contribution in [-0.4, -0.2) is 34.9 Å². The maximum Gasteiger partial charge on any atom is 0.220 e. The van der Waals surface area contributed by atoms with Gasteiger partial charge in [0.05, 0.1) is 18.8 Å². The summed E-state index contributed by atoms with van der Waals surface area (Å²) in [6.45, 7) is 4.35. The van der Waals surface area contributed by atoms with Gasteiger partial charge in [0.25, 0.3) is 0 Å². The number of unbranched alkanes of at least 4 members (excludes halogenated alkanes) is 46. The van der Waals surface area contributed by atoms with Gasteiger partial charge in [0, 0.05) is 6.42 Å². The highest BCUT2D eigenvalue weighted by Crippen LogP contribution is 2.18. The van der Waals surface area contributed by atoms with Crippen LogP contribution in [-0.2, 0) is 4.79 Å². The van der Waals surface area contributed by atoms with Gasteiger partial charge in [-0.25, -0.2) is 0 Å². The topological polar surface area (TPSA) is 69.6 Å². The van der Waals surface area contributed by atoms with Gasteiger partial charge >= 0.3 is 0 Å². The van der Waals surface area contributed by atoms with Crippen molar-refractivity contribution in [1.29, 1.82) is 0 Å². The monoisotopic (exact) mass is 860 g/mol. The summed E-state index contributed by atoms with van der Waals surface area (Å²) in [5.74, 6) is -0.0569. The number of amides is 1. The second-order valence-corrected chi connectivity index (χ2v) is 19.7. The van der Waals surface area contributed by atoms with Crippen LogP contribution < -0.4 is 5.32 Å². The smallest absolute Gasteiger partial charge is 0.220 e. The Kier molecular flexibility index (Phi) is 52.7. The molecule has 0 radical (unpaired) electrons. The Morgan fingerprint density at radius 1 is 0.377 bits per heavy atom. The SMILES string of the molecule is CCCCCCCCCCCCCCCCCCCCCCCCCCCCCCCC/C=C/C(O)C(CO)NC(=O)CCCCCCCCCCCCCCCCCCC. The molecule has 0 aliphatic carbocycles. The quantitative estimate of drug-likeness (QED) is 0.0421. The standard InChI is InChI=1S/C57H113NO3/c1-3-5-7-9-11-13-15-17-19-21-22-23-24-25-26-27-28-29-30-31-32-33-34-35-37-38-40-42-44-46-48-50-52-56(60)55(54-59)58-57(61)53-51-49-47-45-43-41-39-36-20-18-16-14-12-10-8-6-4-2/h50,52,55-56,59-60H,3-49,51,53-54H2,1-2H3,(H,58,61)/b52-50+. The molecule has 0 heterocycles. The molecule has 0 aliphatic heterocycles. The molecule has 1 amide bonds. The molecule has 3 N–H and O–H groups in total. The van der Waals surface area contributed by atoms with E-state index in [0.717, 1.165) is 25.7 Å². The summed E-state index contributed by atoms with van der Waals surface area (Å²) in [6.07, 6.45) is 69.6. The number of aliphatic hydroxyl groups excluding tert-OH is 2. The maximum absolute atomic E-state index is 12.4. The third-order valence-corrected chi connectivity index (χ3v) is 13.5. The Morgan fingerprint density at radius 2 is 0.607 bits per heavy atom. The Hall–Kier alpha value is -0.870. The summed E-state index contributed by atoms with van der Waals surface area (Å²) in [5.41, 5.74) is 0. The summed E-state index contributed by atoms with van der Waals surface area (Å²) in [6, 6.07) is -0.618. The first-order chi connectivity index (χ1) is 30.2. The van der Waals surface area contributed by atoms with Gasteiger partial charge in [0.2, 0.25) is 5.91 Å². The van der Waals surface area contributed by atoms with Crippen LogP contribution in [0, 0.1) is 0 Å². The highest BCUT2D eigenvalue weighted by atomic mass is 16.3. The van der Waals surface area contributed by atoms with Gasteiger partial charge in [-0.3, -0.25) is 4.79 Å². The van der Waals surface area contributed by atoms with Gasteiger partial charge in [-0.1, -0.05) is 315 Å². The van der Waals surface area contributed by atoms with Crippen LogP contribution >= 0.6 is 0 Å². The van der Waals surface area contributed by atoms with Gasteiger partial charge < -0.3 is 15.5 Å². The lowest BCUT2D eigenvalue weighted by Crippen LogP contribution is -2.45. The number of carbonyl (C=O) groups is 1. The van der Waals surface area contributed by atoms with Gasteiger partial charge in [-0.2, -0.15) is 0 Å². The van der Waals surface area contributed by atoms with Gasteiger partial charge in [0.1, 0.15) is 0 Å². The van der Waals surface area contributed by atoms with E-state index in [9.17, 15) is 15.0 Å². The number of hydrogen-bond acceptors (Lipinski definition) is 3. The molecular weight excluding hydrogens is 747 g/mol. The first-order valence-electron chi connectivity index (χ1n) is 28.4. The highest BCUT2D eigenvalue weighted by Gasteiger charge is 2.18. The minimum atomic E-state index is -0.835. The van der Waals surface area contributed by atoms with Crippen LogP contribution in [0.5, 0.6) is 0 Å². The molecule has 0 aromatic carbocycles. The fraction of sp³-hybridized carbons (Fsp3) is 0.947. The highest BCUT2D eigenvalue weighted by molar-refractivity contribution is 5.76. The minimum absolute atomic E-state index is 0.0569. The molecule has 4 heteroatoms. The van der Waals surface area contributed by atoms with E-state index in [1.165, 1.54) is 283 Å². The summed E-state index contributed by atoms with van der Waals surface area (Å²) >= 11 is 0. The van der Waals surface area contributed by atoms with Crippen LogP contribution in [0.2, 0.25) is 0 Å². The lowest BCUT2D eigenvalue weighted by molar-refractivity contribution is -0.123. The van der Waals surface area contributed by atoms with Crippen molar-refractivity contribution in [2.24, 2.45) is 0 Å². The van der Waals surface area contributed by atoms with Crippen LogP contribution in [0.4, 0.5) is 0 Å². The van der Waals surface area contributed by atoms with Crippen molar-refractivity contribution >= 4 is 5.91 Å². The molecule has 4 nitrogen and oxygen atoms in total. The fourth-order valence-electron chi connectivity index (χ4n) is 9.18. The number of aliphatic hydroxyl groups is 2. The lowest BCUT2D eigenvalue weighted by atomic mass is 10.0. The molecule has 0 bridgehead atoms. The zero-order valence-electron chi connectivity index (χ0n) is 42.0. The number of nitrogens with one attached hydrogen (secondary N) is 1. The molecular formula is C57H113NO3. The molecule has 0 spiro atoms. The molecule has 0 saturated heterocycles. The van der Waals surface area contributed by atoms with E-state index in [2.05, 4.69) is 19.2 Å². The Balaban J connectivity index is 3.42. The van der Waals surface area contributed by atoms with Crippen LogP contribution in [0.3, 0.4) is 0 Å². The molecule has 0 aliphatic rings. The van der Waals surface area contributed by atoms with E-state index in [1.54, 1.807) is 6.08 Å². The predicted molar refractivity (Wildman–Crippen MR) is 272 cm³/mol. The molecule has 0 aromatic heterocycles. The first-order valence-corrected chi connectivity index (χ1v) is 28.4. The molecule has 61 heavy (non-hydrogen) atoms. The first kappa shape index (κ1) is 60.1. The Morgan fingerprint density at radius 3 is 0.852 bits per heavy atom. The van der Waals surface area contributed by atoms with E-state index in [4.69, 9.17) is 0 Å². The van der Waals surface area contributed by atoms with E-state index in [1.807, 2.05) is 6.08 Å².